The van der Waals surface area contributed by atoms with Crippen LogP contribution in [0, 0.1) is 0 Å². The highest BCUT2D eigenvalue weighted by Crippen LogP contribution is 2.18. The average Bonchev–Trinajstić information content (AvgIpc) is 2.30. The van der Waals surface area contributed by atoms with E-state index in [0.29, 0.717) is 12.2 Å². The third kappa shape index (κ3) is 2.53. The van der Waals surface area contributed by atoms with Gasteiger partial charge in [-0.1, -0.05) is 18.2 Å². The second kappa shape index (κ2) is 4.82. The van der Waals surface area contributed by atoms with E-state index < -0.39 is 0 Å². The number of aromatic nitrogens is 1. The van der Waals surface area contributed by atoms with Gasteiger partial charge in [0.2, 0.25) is 5.91 Å². The number of likely N-dealkylation sites (N-methyl/N-ethyl adjacent to an activating group) is 1. The molecule has 2 aromatic rings. The summed E-state index contributed by atoms with van der Waals surface area (Å²) in [5.74, 6) is -0.0196. The Kier molecular flexibility index (Phi) is 3.23. The molecular weight excluding hydrogens is 214 g/mol. The smallest absolute Gasteiger partial charge is 0.226 e. The molecule has 3 N–H and O–H groups in total. The lowest BCUT2D eigenvalue weighted by Gasteiger charge is -2.05. The van der Waals surface area contributed by atoms with Crippen molar-refractivity contribution in [3.8, 4) is 0 Å². The highest BCUT2D eigenvalue weighted by Gasteiger charge is 2.05. The SMILES string of the molecule is CCNC(=O)Cc1ccc2cccc(N)c2n1. The van der Waals surface area contributed by atoms with Crippen LogP contribution in [0.15, 0.2) is 30.3 Å². The molecule has 0 unspecified atom stereocenters. The number of para-hydroxylation sites is 1. The van der Waals surface area contributed by atoms with Gasteiger partial charge in [-0.15, -0.1) is 0 Å². The van der Waals surface area contributed by atoms with E-state index in [1.807, 2.05) is 37.3 Å². The minimum atomic E-state index is -0.0196. The van der Waals surface area contributed by atoms with Crippen molar-refractivity contribution < 1.29 is 4.79 Å². The quantitative estimate of drug-likeness (QED) is 0.784. The van der Waals surface area contributed by atoms with Crippen LogP contribution in [-0.2, 0) is 11.2 Å². The molecule has 0 spiro atoms. The summed E-state index contributed by atoms with van der Waals surface area (Å²) < 4.78 is 0. The molecule has 0 fully saturated rings. The minimum Gasteiger partial charge on any atom is -0.397 e. The Labute approximate surface area is 99.8 Å². The van der Waals surface area contributed by atoms with E-state index in [2.05, 4.69) is 10.3 Å². The number of nitrogen functional groups attached to an aromatic ring is 1. The molecule has 0 aliphatic carbocycles. The molecule has 17 heavy (non-hydrogen) atoms. The molecule has 0 aliphatic heterocycles. The predicted molar refractivity (Wildman–Crippen MR) is 68.5 cm³/mol. The highest BCUT2D eigenvalue weighted by atomic mass is 16.1. The lowest BCUT2D eigenvalue weighted by molar-refractivity contribution is -0.120. The van der Waals surface area contributed by atoms with Crippen molar-refractivity contribution in [1.82, 2.24) is 10.3 Å². The molecule has 4 nitrogen and oxygen atoms in total. The fraction of sp³-hybridized carbons (Fsp3) is 0.231. The van der Waals surface area contributed by atoms with Gasteiger partial charge < -0.3 is 11.1 Å². The van der Waals surface area contributed by atoms with Gasteiger partial charge in [-0.05, 0) is 19.1 Å². The summed E-state index contributed by atoms with van der Waals surface area (Å²) in [6, 6.07) is 9.45. The Hall–Kier alpha value is -2.10. The minimum absolute atomic E-state index is 0.0196. The molecule has 0 saturated carbocycles. The van der Waals surface area contributed by atoms with Crippen LogP contribution in [0.5, 0.6) is 0 Å². The Morgan fingerprint density at radius 1 is 1.35 bits per heavy atom. The Morgan fingerprint density at radius 2 is 2.18 bits per heavy atom. The molecule has 0 bridgehead atoms. The van der Waals surface area contributed by atoms with Crippen molar-refractivity contribution in [2.45, 2.75) is 13.3 Å². The fourth-order valence-electron chi connectivity index (χ4n) is 1.73. The summed E-state index contributed by atoms with van der Waals surface area (Å²) in [4.78, 5) is 15.9. The number of nitrogens with one attached hydrogen (secondary N) is 1. The molecule has 0 atom stereocenters. The largest absolute Gasteiger partial charge is 0.397 e. The van der Waals surface area contributed by atoms with Gasteiger partial charge in [0.15, 0.2) is 0 Å². The summed E-state index contributed by atoms with van der Waals surface area (Å²) in [5, 5.41) is 3.74. The van der Waals surface area contributed by atoms with Crippen LogP contribution in [0.4, 0.5) is 5.69 Å². The summed E-state index contributed by atoms with van der Waals surface area (Å²) >= 11 is 0. The van der Waals surface area contributed by atoms with Crippen LogP contribution in [0.25, 0.3) is 10.9 Å². The van der Waals surface area contributed by atoms with Crippen molar-refractivity contribution in [3.05, 3.63) is 36.0 Å². The molecule has 4 heteroatoms. The number of nitrogens with two attached hydrogens (primary N) is 1. The van der Waals surface area contributed by atoms with E-state index in [-0.39, 0.29) is 12.3 Å². The molecule has 1 amide bonds. The first-order valence-electron chi connectivity index (χ1n) is 5.61. The maximum atomic E-state index is 11.5. The van der Waals surface area contributed by atoms with Gasteiger partial charge in [0.05, 0.1) is 23.3 Å². The topological polar surface area (TPSA) is 68.0 Å². The van der Waals surface area contributed by atoms with Crippen molar-refractivity contribution in [3.63, 3.8) is 0 Å². The second-order valence-corrected chi connectivity index (χ2v) is 3.85. The lowest BCUT2D eigenvalue weighted by Crippen LogP contribution is -2.24. The van der Waals surface area contributed by atoms with Crippen LogP contribution in [0.1, 0.15) is 12.6 Å². The van der Waals surface area contributed by atoms with Crippen molar-refractivity contribution >= 4 is 22.5 Å². The van der Waals surface area contributed by atoms with Crippen molar-refractivity contribution in [2.75, 3.05) is 12.3 Å². The molecule has 88 valence electrons. The first-order valence-corrected chi connectivity index (χ1v) is 5.61. The number of hydrogen-bond acceptors (Lipinski definition) is 3. The molecule has 0 aliphatic rings. The van der Waals surface area contributed by atoms with E-state index in [9.17, 15) is 4.79 Å². The molecule has 2 rings (SSSR count). The van der Waals surface area contributed by atoms with E-state index >= 15 is 0 Å². The molecule has 1 aromatic carbocycles. The van der Waals surface area contributed by atoms with Crippen LogP contribution in [0.2, 0.25) is 0 Å². The average molecular weight is 229 g/mol. The Bertz CT molecular complexity index is 551. The predicted octanol–water partition coefficient (Wildman–Crippen LogP) is 1.50. The third-order valence-corrected chi connectivity index (χ3v) is 2.52. The lowest BCUT2D eigenvalue weighted by atomic mass is 10.1. The Morgan fingerprint density at radius 3 is 2.94 bits per heavy atom. The number of nitrogens with zero attached hydrogens (tertiary/aromatic N) is 1. The maximum Gasteiger partial charge on any atom is 0.226 e. The zero-order chi connectivity index (χ0) is 12.3. The zero-order valence-electron chi connectivity index (χ0n) is 9.73. The number of carbonyl (C=O) groups excluding carboxylic acids is 1. The van der Waals surface area contributed by atoms with Crippen LogP contribution < -0.4 is 11.1 Å². The van der Waals surface area contributed by atoms with Crippen LogP contribution in [-0.4, -0.2) is 17.4 Å². The summed E-state index contributed by atoms with van der Waals surface area (Å²) in [5.41, 5.74) is 7.99. The highest BCUT2D eigenvalue weighted by molar-refractivity contribution is 5.89. The Balaban J connectivity index is 2.31. The first-order chi connectivity index (χ1) is 8.20. The van der Waals surface area contributed by atoms with Gasteiger partial charge in [-0.25, -0.2) is 0 Å². The van der Waals surface area contributed by atoms with E-state index in [0.717, 1.165) is 16.6 Å². The third-order valence-electron chi connectivity index (χ3n) is 2.52. The molecule has 1 aromatic heterocycles. The molecule has 0 saturated heterocycles. The van der Waals surface area contributed by atoms with Gasteiger partial charge in [0, 0.05) is 11.9 Å². The second-order valence-electron chi connectivity index (χ2n) is 3.85. The number of carbonyl (C=O) groups is 1. The summed E-state index contributed by atoms with van der Waals surface area (Å²) in [6.07, 6.45) is 0.290. The number of anilines is 1. The fourth-order valence-corrected chi connectivity index (χ4v) is 1.73. The van der Waals surface area contributed by atoms with Crippen molar-refractivity contribution in [1.29, 1.82) is 0 Å². The summed E-state index contributed by atoms with van der Waals surface area (Å²) in [7, 11) is 0. The number of pyridine rings is 1. The van der Waals surface area contributed by atoms with Gasteiger partial charge in [-0.2, -0.15) is 0 Å². The monoisotopic (exact) mass is 229 g/mol. The standard InChI is InChI=1S/C13H15N3O/c1-2-15-12(17)8-10-7-6-9-4-3-5-11(14)13(9)16-10/h3-7H,2,8,14H2,1H3,(H,15,17). The number of hydrogen-bond donors (Lipinski definition) is 2. The maximum absolute atomic E-state index is 11.5. The molecule has 1 heterocycles. The number of amides is 1. The van der Waals surface area contributed by atoms with Crippen molar-refractivity contribution in [2.24, 2.45) is 0 Å². The van der Waals surface area contributed by atoms with Gasteiger partial charge >= 0.3 is 0 Å². The first kappa shape index (κ1) is 11.4. The normalized spacial score (nSPS) is 10.4. The van der Waals surface area contributed by atoms with Gasteiger partial charge in [0.1, 0.15) is 0 Å². The summed E-state index contributed by atoms with van der Waals surface area (Å²) in [6.45, 7) is 2.53. The molecule has 0 radical (unpaired) electrons. The van der Waals surface area contributed by atoms with Crippen LogP contribution in [0.3, 0.4) is 0 Å². The van der Waals surface area contributed by atoms with E-state index in [1.54, 1.807) is 0 Å². The van der Waals surface area contributed by atoms with E-state index in [4.69, 9.17) is 5.73 Å². The zero-order valence-corrected chi connectivity index (χ0v) is 9.73. The van der Waals surface area contributed by atoms with Gasteiger partial charge in [0.25, 0.3) is 0 Å². The number of fused-ring (bicyclic) bond motifs is 1. The molecular formula is C13H15N3O. The number of benzene rings is 1. The van der Waals surface area contributed by atoms with E-state index in [1.165, 1.54) is 0 Å². The number of rotatable bonds is 3. The van der Waals surface area contributed by atoms with Crippen LogP contribution >= 0.6 is 0 Å². The van der Waals surface area contributed by atoms with Gasteiger partial charge in [-0.3, -0.25) is 9.78 Å².